The van der Waals surface area contributed by atoms with E-state index in [2.05, 4.69) is 23.5 Å². The van der Waals surface area contributed by atoms with Crippen LogP contribution in [0.4, 0.5) is 0 Å². The number of hydrogen-bond donors (Lipinski definition) is 1. The molecule has 24 heavy (non-hydrogen) atoms. The van der Waals surface area contributed by atoms with Gasteiger partial charge in [-0.3, -0.25) is 4.79 Å². The highest BCUT2D eigenvalue weighted by Gasteiger charge is 2.47. The largest absolute Gasteiger partial charge is 0.490 e. The maximum absolute atomic E-state index is 11.7. The molecule has 1 N–H and O–H groups in total. The predicted octanol–water partition coefficient (Wildman–Crippen LogP) is 3.26. The Hall–Kier alpha value is -1.55. The molecule has 0 radical (unpaired) electrons. The van der Waals surface area contributed by atoms with Crippen molar-refractivity contribution in [3.63, 3.8) is 0 Å². The van der Waals surface area contributed by atoms with Crippen LogP contribution in [-0.4, -0.2) is 32.3 Å². The van der Waals surface area contributed by atoms with Crippen LogP contribution in [-0.2, 0) is 9.53 Å². The van der Waals surface area contributed by atoms with Crippen LogP contribution in [0.1, 0.15) is 50.0 Å². The van der Waals surface area contributed by atoms with Crippen molar-refractivity contribution in [1.29, 1.82) is 0 Å². The molecule has 4 nitrogen and oxygen atoms in total. The first-order valence-corrected chi connectivity index (χ1v) is 9.22. The summed E-state index contributed by atoms with van der Waals surface area (Å²) >= 11 is 0. The van der Waals surface area contributed by atoms with Gasteiger partial charge in [-0.05, 0) is 73.6 Å². The lowest BCUT2D eigenvalue weighted by Gasteiger charge is -2.44. The van der Waals surface area contributed by atoms with E-state index in [9.17, 15) is 4.79 Å². The van der Waals surface area contributed by atoms with Crippen molar-refractivity contribution in [3.05, 3.63) is 29.8 Å². The zero-order valence-electron chi connectivity index (χ0n) is 14.4. The number of rotatable bonds is 6. The van der Waals surface area contributed by atoms with Crippen LogP contribution in [0.3, 0.4) is 0 Å². The minimum absolute atomic E-state index is 0.118. The molecule has 2 aliphatic carbocycles. The van der Waals surface area contributed by atoms with Crippen LogP contribution < -0.4 is 10.1 Å². The third-order valence-electron chi connectivity index (χ3n) is 6.05. The summed E-state index contributed by atoms with van der Waals surface area (Å²) in [6, 6.07) is 8.37. The van der Waals surface area contributed by atoms with Crippen molar-refractivity contribution in [2.24, 2.45) is 11.3 Å². The van der Waals surface area contributed by atoms with Gasteiger partial charge in [0.1, 0.15) is 5.75 Å². The van der Waals surface area contributed by atoms with E-state index in [1.54, 1.807) is 0 Å². The highest BCUT2D eigenvalue weighted by molar-refractivity contribution is 5.70. The van der Waals surface area contributed by atoms with Gasteiger partial charge in [-0.1, -0.05) is 12.1 Å². The minimum Gasteiger partial charge on any atom is -0.490 e. The normalized spacial score (nSPS) is 30.0. The Kier molecular flexibility index (Phi) is 4.25. The fourth-order valence-electron chi connectivity index (χ4n) is 4.46. The van der Waals surface area contributed by atoms with Gasteiger partial charge in [0.15, 0.2) is 0 Å². The first-order valence-electron chi connectivity index (χ1n) is 9.22. The number of benzene rings is 1. The second-order valence-corrected chi connectivity index (χ2v) is 7.87. The molecule has 1 heterocycles. The summed E-state index contributed by atoms with van der Waals surface area (Å²) in [5.41, 5.74) is 1.72. The van der Waals surface area contributed by atoms with Crippen molar-refractivity contribution in [3.8, 4) is 5.75 Å². The molecule has 1 aliphatic heterocycles. The number of ether oxygens (including phenoxy) is 2. The monoisotopic (exact) mass is 329 g/mol. The molecule has 0 amide bonds. The molecule has 130 valence electrons. The molecule has 1 aromatic rings. The molecule has 1 aromatic carbocycles. The van der Waals surface area contributed by atoms with E-state index in [-0.39, 0.29) is 11.9 Å². The summed E-state index contributed by atoms with van der Waals surface area (Å²) < 4.78 is 11.1. The van der Waals surface area contributed by atoms with E-state index in [4.69, 9.17) is 9.47 Å². The summed E-state index contributed by atoms with van der Waals surface area (Å²) in [5.74, 6) is 1.73. The Balaban J connectivity index is 1.40. The molecule has 0 bridgehead atoms. The molecule has 2 saturated carbocycles. The molecular formula is C20H27NO3. The van der Waals surface area contributed by atoms with Gasteiger partial charge in [-0.25, -0.2) is 0 Å². The molecule has 4 rings (SSSR count). The second-order valence-electron chi connectivity index (χ2n) is 7.87. The number of methoxy groups -OCH3 is 1. The fraction of sp³-hybridized carbons (Fsp3) is 0.650. The van der Waals surface area contributed by atoms with Gasteiger partial charge < -0.3 is 14.8 Å². The van der Waals surface area contributed by atoms with Gasteiger partial charge in [0, 0.05) is 6.54 Å². The zero-order chi connectivity index (χ0) is 16.6. The van der Waals surface area contributed by atoms with Crippen molar-refractivity contribution >= 4 is 5.97 Å². The van der Waals surface area contributed by atoms with E-state index in [1.807, 2.05) is 6.07 Å². The topological polar surface area (TPSA) is 47.6 Å². The molecule has 0 aromatic heterocycles. The van der Waals surface area contributed by atoms with Gasteiger partial charge in [0.2, 0.25) is 0 Å². The number of carbonyl (C=O) groups is 1. The van der Waals surface area contributed by atoms with E-state index < -0.39 is 0 Å². The van der Waals surface area contributed by atoms with E-state index >= 15 is 0 Å². The number of carbonyl (C=O) groups excluding carboxylic acids is 1. The molecule has 1 saturated heterocycles. The van der Waals surface area contributed by atoms with Crippen molar-refractivity contribution in [1.82, 2.24) is 5.32 Å². The number of nitrogens with one attached hydrogen (secondary N) is 1. The predicted molar refractivity (Wildman–Crippen MR) is 92.1 cm³/mol. The first kappa shape index (κ1) is 15.9. The summed E-state index contributed by atoms with van der Waals surface area (Å²) in [5, 5.41) is 3.47. The molecule has 1 spiro atoms. The maximum Gasteiger partial charge on any atom is 0.306 e. The highest BCUT2D eigenvalue weighted by atomic mass is 16.5. The average Bonchev–Trinajstić information content (AvgIpc) is 3.29. The van der Waals surface area contributed by atoms with Gasteiger partial charge in [0.25, 0.3) is 0 Å². The minimum atomic E-state index is -0.118. The molecule has 3 aliphatic rings. The molecule has 1 atom stereocenters. The van der Waals surface area contributed by atoms with E-state index in [0.29, 0.717) is 23.9 Å². The van der Waals surface area contributed by atoms with Gasteiger partial charge in [0.05, 0.1) is 19.6 Å². The summed E-state index contributed by atoms with van der Waals surface area (Å²) in [7, 11) is 1.47. The van der Waals surface area contributed by atoms with Crippen molar-refractivity contribution in [2.75, 3.05) is 20.2 Å². The lowest BCUT2D eigenvalue weighted by Crippen LogP contribution is -2.45. The van der Waals surface area contributed by atoms with Crippen LogP contribution in [0, 0.1) is 11.3 Å². The van der Waals surface area contributed by atoms with Crippen LogP contribution in [0.5, 0.6) is 5.75 Å². The maximum atomic E-state index is 11.7. The Morgan fingerprint density at radius 2 is 2.21 bits per heavy atom. The molecule has 3 fully saturated rings. The number of esters is 1. The van der Waals surface area contributed by atoms with Crippen LogP contribution >= 0.6 is 0 Å². The Bertz CT molecular complexity index is 597. The third kappa shape index (κ3) is 3.30. The highest BCUT2D eigenvalue weighted by Crippen LogP contribution is 2.48. The SMILES string of the molecule is COC(=O)CC(c1cccc(OC2CC3(CCNC3)C2)c1)C1CC1. The zero-order valence-corrected chi connectivity index (χ0v) is 14.4. The van der Waals surface area contributed by atoms with Crippen molar-refractivity contribution < 1.29 is 14.3 Å². The second kappa shape index (κ2) is 6.40. The van der Waals surface area contributed by atoms with Gasteiger partial charge >= 0.3 is 5.97 Å². The molecule has 1 unspecified atom stereocenters. The van der Waals surface area contributed by atoms with E-state index in [0.717, 1.165) is 18.8 Å². The summed E-state index contributed by atoms with van der Waals surface area (Å²) in [4.78, 5) is 11.7. The van der Waals surface area contributed by atoms with Gasteiger partial charge in [-0.2, -0.15) is 0 Å². The van der Waals surface area contributed by atoms with Crippen molar-refractivity contribution in [2.45, 2.75) is 50.5 Å². The average molecular weight is 329 g/mol. The van der Waals surface area contributed by atoms with E-state index in [1.165, 1.54) is 44.8 Å². The first-order chi connectivity index (χ1) is 11.7. The van der Waals surface area contributed by atoms with Gasteiger partial charge in [-0.15, -0.1) is 0 Å². The molecular weight excluding hydrogens is 302 g/mol. The Labute approximate surface area is 143 Å². The lowest BCUT2D eigenvalue weighted by atomic mass is 9.66. The fourth-order valence-corrected chi connectivity index (χ4v) is 4.46. The smallest absolute Gasteiger partial charge is 0.306 e. The Morgan fingerprint density at radius 1 is 1.38 bits per heavy atom. The quantitative estimate of drug-likeness (QED) is 0.814. The lowest BCUT2D eigenvalue weighted by molar-refractivity contribution is -0.141. The summed E-state index contributed by atoms with van der Waals surface area (Å²) in [6.07, 6.45) is 6.87. The standard InChI is InChI=1S/C20H27NO3/c1-23-19(22)10-18(14-5-6-14)15-3-2-4-16(9-15)24-17-11-20(12-17)7-8-21-13-20/h2-4,9,14,17-18,21H,5-8,10-13H2,1H3. The number of hydrogen-bond acceptors (Lipinski definition) is 4. The van der Waals surface area contributed by atoms with Crippen LogP contribution in [0.2, 0.25) is 0 Å². The summed E-state index contributed by atoms with van der Waals surface area (Å²) in [6.45, 7) is 2.30. The van der Waals surface area contributed by atoms with Crippen LogP contribution in [0.25, 0.3) is 0 Å². The third-order valence-corrected chi connectivity index (χ3v) is 6.05. The van der Waals surface area contributed by atoms with Crippen LogP contribution in [0.15, 0.2) is 24.3 Å². The Morgan fingerprint density at radius 3 is 2.88 bits per heavy atom. The molecule has 4 heteroatoms.